The number of hydrogen-bond donors (Lipinski definition) is 1. The van der Waals surface area contributed by atoms with E-state index in [0.717, 1.165) is 12.0 Å². The molecule has 1 saturated carbocycles. The van der Waals surface area contributed by atoms with Crippen molar-refractivity contribution in [2.24, 2.45) is 5.41 Å². The third-order valence-electron chi connectivity index (χ3n) is 4.50. The molecule has 2 rings (SSSR count). The molecule has 1 N–H and O–H groups in total. The van der Waals surface area contributed by atoms with E-state index in [9.17, 15) is 4.39 Å². The molecule has 1 aromatic rings. The highest BCUT2D eigenvalue weighted by Gasteiger charge is 2.40. The van der Waals surface area contributed by atoms with Gasteiger partial charge in [0.1, 0.15) is 5.82 Å². The molecule has 0 radical (unpaired) electrons. The Bertz CT molecular complexity index is 413. The molecule has 0 spiro atoms. The first-order valence-corrected chi connectivity index (χ1v) is 7.55. The maximum atomic E-state index is 14.3. The number of hydrogen-bond acceptors (Lipinski definition) is 1. The zero-order chi connectivity index (χ0) is 13.2. The normalized spacial score (nSPS) is 20.0. The average molecular weight is 314 g/mol. The SMILES string of the molecule is CCC1(C(NC)c2cccc(Br)c2F)CCCC1. The van der Waals surface area contributed by atoms with Gasteiger partial charge in [0.2, 0.25) is 0 Å². The first kappa shape index (κ1) is 14.0. The Labute approximate surface area is 117 Å². The summed E-state index contributed by atoms with van der Waals surface area (Å²) in [6.45, 7) is 2.23. The highest BCUT2D eigenvalue weighted by Crippen LogP contribution is 2.50. The fraction of sp³-hybridized carbons (Fsp3) is 0.600. The molecule has 1 nitrogen and oxygen atoms in total. The van der Waals surface area contributed by atoms with E-state index >= 15 is 0 Å². The van der Waals surface area contributed by atoms with Crippen molar-refractivity contribution in [3.05, 3.63) is 34.1 Å². The lowest BCUT2D eigenvalue weighted by Crippen LogP contribution is -2.34. The maximum Gasteiger partial charge on any atom is 0.142 e. The van der Waals surface area contributed by atoms with Gasteiger partial charge < -0.3 is 5.32 Å². The molecular weight excluding hydrogens is 293 g/mol. The van der Waals surface area contributed by atoms with Crippen molar-refractivity contribution in [1.82, 2.24) is 5.32 Å². The summed E-state index contributed by atoms with van der Waals surface area (Å²) in [5.41, 5.74) is 1.02. The summed E-state index contributed by atoms with van der Waals surface area (Å²) in [6, 6.07) is 5.71. The van der Waals surface area contributed by atoms with Gasteiger partial charge in [0.15, 0.2) is 0 Å². The van der Waals surface area contributed by atoms with E-state index in [1.165, 1.54) is 25.7 Å². The summed E-state index contributed by atoms with van der Waals surface area (Å²) in [5, 5.41) is 3.36. The first-order chi connectivity index (χ1) is 8.64. The van der Waals surface area contributed by atoms with Gasteiger partial charge in [0.05, 0.1) is 4.47 Å². The van der Waals surface area contributed by atoms with Crippen LogP contribution in [0.4, 0.5) is 4.39 Å². The van der Waals surface area contributed by atoms with Crippen LogP contribution in [0.15, 0.2) is 22.7 Å². The van der Waals surface area contributed by atoms with Gasteiger partial charge in [-0.3, -0.25) is 0 Å². The second kappa shape index (κ2) is 5.70. The molecule has 1 atom stereocenters. The summed E-state index contributed by atoms with van der Waals surface area (Å²) >= 11 is 3.29. The lowest BCUT2D eigenvalue weighted by atomic mass is 9.73. The average Bonchev–Trinajstić information content (AvgIpc) is 2.85. The fourth-order valence-electron chi connectivity index (χ4n) is 3.46. The molecule has 1 aromatic carbocycles. The Morgan fingerprint density at radius 1 is 1.39 bits per heavy atom. The fourth-order valence-corrected chi connectivity index (χ4v) is 3.84. The van der Waals surface area contributed by atoms with Crippen molar-refractivity contribution in [1.29, 1.82) is 0 Å². The summed E-state index contributed by atoms with van der Waals surface area (Å²) in [5.74, 6) is -0.114. The van der Waals surface area contributed by atoms with Gasteiger partial charge in [0.25, 0.3) is 0 Å². The van der Waals surface area contributed by atoms with E-state index in [1.807, 2.05) is 19.2 Å². The standard InChI is InChI=1S/C15H21BrFN/c1-3-15(9-4-5-10-15)14(18-2)11-7-6-8-12(16)13(11)17/h6-8,14,18H,3-5,9-10H2,1-2H3. The van der Waals surface area contributed by atoms with Crippen LogP contribution in [0.1, 0.15) is 50.6 Å². The van der Waals surface area contributed by atoms with Gasteiger partial charge in [-0.05, 0) is 53.7 Å². The Balaban J connectivity index is 2.41. The third-order valence-corrected chi connectivity index (χ3v) is 5.11. The minimum absolute atomic E-state index is 0.113. The van der Waals surface area contributed by atoms with Crippen LogP contribution in [-0.2, 0) is 0 Å². The predicted octanol–water partition coefficient (Wildman–Crippen LogP) is 4.82. The Morgan fingerprint density at radius 3 is 2.61 bits per heavy atom. The lowest BCUT2D eigenvalue weighted by Gasteiger charge is -2.37. The van der Waals surface area contributed by atoms with Crippen LogP contribution in [-0.4, -0.2) is 7.05 Å². The van der Waals surface area contributed by atoms with E-state index in [1.54, 1.807) is 6.07 Å². The molecule has 18 heavy (non-hydrogen) atoms. The van der Waals surface area contributed by atoms with Crippen LogP contribution < -0.4 is 5.32 Å². The van der Waals surface area contributed by atoms with Gasteiger partial charge >= 0.3 is 0 Å². The second-order valence-electron chi connectivity index (χ2n) is 5.29. The summed E-state index contributed by atoms with van der Waals surface area (Å²) in [6.07, 6.45) is 6.02. The molecule has 1 fully saturated rings. The first-order valence-electron chi connectivity index (χ1n) is 6.76. The zero-order valence-electron chi connectivity index (χ0n) is 11.1. The number of nitrogens with one attached hydrogen (secondary N) is 1. The molecular formula is C15H21BrFN. The molecule has 0 heterocycles. The number of halogens is 2. The molecule has 0 saturated heterocycles. The highest BCUT2D eigenvalue weighted by molar-refractivity contribution is 9.10. The molecule has 0 aliphatic heterocycles. The Hall–Kier alpha value is -0.410. The third kappa shape index (κ3) is 2.35. The van der Waals surface area contributed by atoms with Crippen molar-refractivity contribution in [3.8, 4) is 0 Å². The number of benzene rings is 1. The molecule has 3 heteroatoms. The van der Waals surface area contributed by atoms with Gasteiger partial charge in [-0.2, -0.15) is 0 Å². The van der Waals surface area contributed by atoms with E-state index in [2.05, 4.69) is 28.2 Å². The summed E-state index contributed by atoms with van der Waals surface area (Å²) in [7, 11) is 1.95. The smallest absolute Gasteiger partial charge is 0.142 e. The van der Waals surface area contributed by atoms with E-state index in [0.29, 0.717) is 4.47 Å². The Kier molecular flexibility index (Phi) is 4.44. The molecule has 0 bridgehead atoms. The molecule has 0 aromatic heterocycles. The largest absolute Gasteiger partial charge is 0.312 e. The van der Waals surface area contributed by atoms with Crippen LogP contribution in [0.5, 0.6) is 0 Å². The van der Waals surface area contributed by atoms with E-state index in [-0.39, 0.29) is 17.3 Å². The molecule has 1 aliphatic carbocycles. The minimum atomic E-state index is -0.114. The van der Waals surface area contributed by atoms with Crippen LogP contribution in [0, 0.1) is 11.2 Å². The van der Waals surface area contributed by atoms with Crippen molar-refractivity contribution in [2.45, 2.75) is 45.1 Å². The van der Waals surface area contributed by atoms with E-state index in [4.69, 9.17) is 0 Å². The van der Waals surface area contributed by atoms with Crippen LogP contribution in [0.3, 0.4) is 0 Å². The summed E-state index contributed by atoms with van der Waals surface area (Å²) < 4.78 is 14.9. The van der Waals surface area contributed by atoms with Crippen LogP contribution in [0.25, 0.3) is 0 Å². The molecule has 100 valence electrons. The number of rotatable bonds is 4. The molecule has 0 amide bonds. The van der Waals surface area contributed by atoms with E-state index < -0.39 is 0 Å². The van der Waals surface area contributed by atoms with Crippen LogP contribution in [0.2, 0.25) is 0 Å². The minimum Gasteiger partial charge on any atom is -0.312 e. The monoisotopic (exact) mass is 313 g/mol. The summed E-state index contributed by atoms with van der Waals surface area (Å²) in [4.78, 5) is 0. The molecule has 1 aliphatic rings. The Morgan fingerprint density at radius 2 is 2.06 bits per heavy atom. The highest BCUT2D eigenvalue weighted by atomic mass is 79.9. The van der Waals surface area contributed by atoms with Gasteiger partial charge in [-0.1, -0.05) is 31.9 Å². The van der Waals surface area contributed by atoms with Crippen molar-refractivity contribution in [2.75, 3.05) is 7.05 Å². The maximum absolute atomic E-state index is 14.3. The van der Waals surface area contributed by atoms with Gasteiger partial charge in [-0.25, -0.2) is 4.39 Å². The quantitative estimate of drug-likeness (QED) is 0.840. The van der Waals surface area contributed by atoms with Crippen molar-refractivity contribution >= 4 is 15.9 Å². The molecule has 1 unspecified atom stereocenters. The predicted molar refractivity (Wildman–Crippen MR) is 77.1 cm³/mol. The lowest BCUT2D eigenvalue weighted by molar-refractivity contribution is 0.191. The van der Waals surface area contributed by atoms with Crippen LogP contribution >= 0.6 is 15.9 Å². The zero-order valence-corrected chi connectivity index (χ0v) is 12.7. The van der Waals surface area contributed by atoms with Gasteiger partial charge in [0, 0.05) is 11.6 Å². The topological polar surface area (TPSA) is 12.0 Å². The van der Waals surface area contributed by atoms with Gasteiger partial charge in [-0.15, -0.1) is 0 Å². The second-order valence-corrected chi connectivity index (χ2v) is 6.14. The van der Waals surface area contributed by atoms with Crippen molar-refractivity contribution < 1.29 is 4.39 Å². The van der Waals surface area contributed by atoms with Crippen molar-refractivity contribution in [3.63, 3.8) is 0 Å².